The third kappa shape index (κ3) is 4.29. The van der Waals surface area contributed by atoms with Crippen LogP contribution in [-0.4, -0.2) is 34.7 Å². The molecule has 2 aromatic heterocycles. The van der Waals surface area contributed by atoms with E-state index >= 15 is 0 Å². The normalized spacial score (nSPS) is 11.7. The first kappa shape index (κ1) is 20.6. The molecule has 0 spiro atoms. The molecule has 1 amide bonds. The number of ether oxygens (including phenoxy) is 2. The molecule has 0 fully saturated rings. The summed E-state index contributed by atoms with van der Waals surface area (Å²) >= 11 is 1.39. The van der Waals surface area contributed by atoms with Gasteiger partial charge in [0.2, 0.25) is 0 Å². The number of nitrogens with one attached hydrogen (secondary N) is 1. The zero-order valence-electron chi connectivity index (χ0n) is 17.4. The van der Waals surface area contributed by atoms with Gasteiger partial charge >= 0.3 is 0 Å². The molecule has 1 atom stereocenters. The van der Waals surface area contributed by atoms with E-state index in [-0.39, 0.29) is 11.9 Å². The second kappa shape index (κ2) is 9.01. The van der Waals surface area contributed by atoms with Crippen molar-refractivity contribution in [1.29, 1.82) is 0 Å². The van der Waals surface area contributed by atoms with Gasteiger partial charge in [-0.05, 0) is 36.8 Å². The number of methoxy groups -OCH3 is 2. The average Bonchev–Trinajstić information content (AvgIpc) is 3.51. The number of carbonyl (C=O) groups is 1. The summed E-state index contributed by atoms with van der Waals surface area (Å²) in [7, 11) is 3.17. The molecule has 0 bridgehead atoms. The smallest absolute Gasteiger partial charge is 0.271 e. The summed E-state index contributed by atoms with van der Waals surface area (Å²) in [6, 6.07) is 13.4. The number of benzene rings is 2. The molecular weight excluding hydrogens is 412 g/mol. The van der Waals surface area contributed by atoms with E-state index in [4.69, 9.17) is 9.47 Å². The van der Waals surface area contributed by atoms with Crippen LogP contribution in [0, 0.1) is 0 Å². The van der Waals surface area contributed by atoms with E-state index in [1.165, 1.54) is 11.3 Å². The first-order valence-corrected chi connectivity index (χ1v) is 10.5. The fourth-order valence-corrected chi connectivity index (χ4v) is 4.08. The molecule has 2 heterocycles. The Bertz CT molecular complexity index is 1170. The Balaban J connectivity index is 1.48. The van der Waals surface area contributed by atoms with Gasteiger partial charge in [-0.1, -0.05) is 18.2 Å². The maximum absolute atomic E-state index is 12.8. The second-order valence-corrected chi connectivity index (χ2v) is 7.69. The van der Waals surface area contributed by atoms with Gasteiger partial charge in [-0.3, -0.25) is 4.79 Å². The molecule has 0 aliphatic heterocycles. The Morgan fingerprint density at radius 3 is 2.61 bits per heavy atom. The number of nitrogens with zero attached hydrogens (tertiary/aromatic N) is 3. The van der Waals surface area contributed by atoms with Gasteiger partial charge in [-0.2, -0.15) is 0 Å². The van der Waals surface area contributed by atoms with Gasteiger partial charge in [0, 0.05) is 23.5 Å². The molecule has 8 heteroatoms. The number of hydrogen-bond acceptors (Lipinski definition) is 6. The summed E-state index contributed by atoms with van der Waals surface area (Å²) in [5.74, 6) is 0.988. The molecule has 0 saturated heterocycles. The minimum atomic E-state index is -0.226. The molecule has 4 rings (SSSR count). The summed E-state index contributed by atoms with van der Waals surface area (Å²) in [5.41, 5.74) is 3.17. The van der Waals surface area contributed by atoms with Crippen LogP contribution < -0.4 is 14.8 Å². The third-order valence-electron chi connectivity index (χ3n) is 4.91. The molecule has 4 aromatic rings. The van der Waals surface area contributed by atoms with E-state index in [1.54, 1.807) is 32.1 Å². The van der Waals surface area contributed by atoms with E-state index in [0.29, 0.717) is 22.2 Å². The zero-order chi connectivity index (χ0) is 21.8. The van der Waals surface area contributed by atoms with Gasteiger partial charge in [0.25, 0.3) is 5.91 Å². The largest absolute Gasteiger partial charge is 0.493 e. The highest BCUT2D eigenvalue weighted by molar-refractivity contribution is 7.13. The highest BCUT2D eigenvalue weighted by atomic mass is 32.1. The fourth-order valence-electron chi connectivity index (χ4n) is 3.26. The SMILES string of the molecule is COc1cccc(-c2nc(C(=O)NC(C)c3ccc(-n4ccnc4)cc3)cs2)c1OC. The van der Waals surface area contributed by atoms with Crippen molar-refractivity contribution < 1.29 is 14.3 Å². The predicted octanol–water partition coefficient (Wildman–Crippen LogP) is 4.50. The summed E-state index contributed by atoms with van der Waals surface area (Å²) < 4.78 is 12.8. The van der Waals surface area contributed by atoms with Crippen LogP contribution in [-0.2, 0) is 0 Å². The molecule has 7 nitrogen and oxygen atoms in total. The van der Waals surface area contributed by atoms with Crippen molar-refractivity contribution >= 4 is 17.2 Å². The van der Waals surface area contributed by atoms with E-state index in [9.17, 15) is 4.79 Å². The molecule has 0 radical (unpaired) electrons. The van der Waals surface area contributed by atoms with Crippen molar-refractivity contribution in [2.45, 2.75) is 13.0 Å². The van der Waals surface area contributed by atoms with E-state index < -0.39 is 0 Å². The fraction of sp³-hybridized carbons (Fsp3) is 0.174. The summed E-state index contributed by atoms with van der Waals surface area (Å²) in [6.07, 6.45) is 5.37. The van der Waals surface area contributed by atoms with Crippen molar-refractivity contribution in [1.82, 2.24) is 19.9 Å². The van der Waals surface area contributed by atoms with E-state index in [1.807, 2.05) is 60.2 Å². The van der Waals surface area contributed by atoms with E-state index in [2.05, 4.69) is 15.3 Å². The molecule has 31 heavy (non-hydrogen) atoms. The van der Waals surface area contributed by atoms with Crippen LogP contribution in [0.3, 0.4) is 0 Å². The molecule has 0 aliphatic rings. The maximum Gasteiger partial charge on any atom is 0.271 e. The standard InChI is InChI=1S/C23H22N4O3S/c1-15(16-7-9-17(10-8-16)27-12-11-24-14-27)25-22(28)19-13-31-23(26-19)18-5-4-6-20(29-2)21(18)30-3/h4-15H,1-3H3,(H,25,28). The quantitative estimate of drug-likeness (QED) is 0.463. The Hall–Kier alpha value is -3.65. The van der Waals surface area contributed by atoms with Gasteiger partial charge in [-0.15, -0.1) is 11.3 Å². The minimum Gasteiger partial charge on any atom is -0.493 e. The number of carbonyl (C=O) groups excluding carboxylic acids is 1. The van der Waals surface area contributed by atoms with Crippen molar-refractivity contribution in [3.05, 3.63) is 77.8 Å². The van der Waals surface area contributed by atoms with Crippen LogP contribution in [0.2, 0.25) is 0 Å². The van der Waals surface area contributed by atoms with Gasteiger partial charge in [0.1, 0.15) is 10.7 Å². The average molecular weight is 435 g/mol. The zero-order valence-corrected chi connectivity index (χ0v) is 18.2. The monoisotopic (exact) mass is 434 g/mol. The predicted molar refractivity (Wildman–Crippen MR) is 120 cm³/mol. The molecule has 158 valence electrons. The lowest BCUT2D eigenvalue weighted by Gasteiger charge is -2.14. The molecule has 0 aliphatic carbocycles. The van der Waals surface area contributed by atoms with Gasteiger partial charge in [0.05, 0.1) is 32.2 Å². The minimum absolute atomic E-state index is 0.166. The van der Waals surface area contributed by atoms with Crippen LogP contribution in [0.15, 0.2) is 66.6 Å². The number of thiazole rings is 1. The molecule has 1 N–H and O–H groups in total. The van der Waals surface area contributed by atoms with Crippen LogP contribution in [0.25, 0.3) is 16.3 Å². The van der Waals surface area contributed by atoms with Gasteiger partial charge in [-0.25, -0.2) is 9.97 Å². The number of imidazole rings is 1. The summed E-state index contributed by atoms with van der Waals surface area (Å²) in [5, 5.41) is 5.45. The Morgan fingerprint density at radius 2 is 1.94 bits per heavy atom. The van der Waals surface area contributed by atoms with Crippen molar-refractivity contribution in [3.63, 3.8) is 0 Å². The highest BCUT2D eigenvalue weighted by Gasteiger charge is 2.18. The lowest BCUT2D eigenvalue weighted by molar-refractivity contribution is 0.0935. The maximum atomic E-state index is 12.8. The van der Waals surface area contributed by atoms with Crippen LogP contribution >= 0.6 is 11.3 Å². The number of amides is 1. The molecule has 1 unspecified atom stereocenters. The number of para-hydroxylation sites is 1. The van der Waals surface area contributed by atoms with Crippen LogP contribution in [0.1, 0.15) is 29.0 Å². The van der Waals surface area contributed by atoms with E-state index in [0.717, 1.165) is 16.8 Å². The first-order chi connectivity index (χ1) is 15.1. The highest BCUT2D eigenvalue weighted by Crippen LogP contribution is 2.39. The van der Waals surface area contributed by atoms with Crippen molar-refractivity contribution in [2.24, 2.45) is 0 Å². The second-order valence-electron chi connectivity index (χ2n) is 6.84. The lowest BCUT2D eigenvalue weighted by Crippen LogP contribution is -2.26. The summed E-state index contributed by atoms with van der Waals surface area (Å²) in [6.45, 7) is 1.95. The lowest BCUT2D eigenvalue weighted by atomic mass is 10.1. The van der Waals surface area contributed by atoms with Crippen LogP contribution in [0.4, 0.5) is 0 Å². The Morgan fingerprint density at radius 1 is 1.13 bits per heavy atom. The Kier molecular flexibility index (Phi) is 5.99. The topological polar surface area (TPSA) is 78.3 Å². The molecule has 0 saturated carbocycles. The molecule has 2 aromatic carbocycles. The third-order valence-corrected chi connectivity index (χ3v) is 5.79. The first-order valence-electron chi connectivity index (χ1n) is 9.66. The number of hydrogen-bond donors (Lipinski definition) is 1. The summed E-state index contributed by atoms with van der Waals surface area (Å²) in [4.78, 5) is 21.3. The van der Waals surface area contributed by atoms with Gasteiger partial charge < -0.3 is 19.4 Å². The number of aromatic nitrogens is 3. The number of rotatable bonds is 7. The van der Waals surface area contributed by atoms with Crippen molar-refractivity contribution in [3.8, 4) is 27.8 Å². The van der Waals surface area contributed by atoms with Gasteiger partial charge in [0.15, 0.2) is 11.5 Å². The Labute approximate surface area is 184 Å². The van der Waals surface area contributed by atoms with Crippen LogP contribution in [0.5, 0.6) is 11.5 Å². The molecular formula is C23H22N4O3S. The van der Waals surface area contributed by atoms with Crippen molar-refractivity contribution in [2.75, 3.05) is 14.2 Å².